The quantitative estimate of drug-likeness (QED) is 0.325. The van der Waals surface area contributed by atoms with E-state index in [0.29, 0.717) is 5.76 Å². The van der Waals surface area contributed by atoms with E-state index in [2.05, 4.69) is 34.7 Å². The average molecular weight is 474 g/mol. The van der Waals surface area contributed by atoms with E-state index in [0.717, 1.165) is 52.5 Å². The molecule has 0 bridgehead atoms. The number of carbonyl (C=O) groups excluding carboxylic acids is 1. The SMILES string of the molecule is COc1ccc([C@H](Nc2cc(C)ccn2)c2c(NC(=O)c3ccco3)sc3c2CCCC3)cc1. The van der Waals surface area contributed by atoms with Crippen LogP contribution in [-0.2, 0) is 12.8 Å². The lowest BCUT2D eigenvalue weighted by Gasteiger charge is -2.24. The number of pyridine rings is 1. The Kier molecular flexibility index (Phi) is 6.36. The van der Waals surface area contributed by atoms with Crippen molar-refractivity contribution >= 4 is 28.1 Å². The number of rotatable bonds is 7. The van der Waals surface area contributed by atoms with Crippen molar-refractivity contribution < 1.29 is 13.9 Å². The number of methoxy groups -OCH3 is 1. The van der Waals surface area contributed by atoms with Gasteiger partial charge in [0.1, 0.15) is 16.6 Å². The molecule has 0 saturated carbocycles. The minimum atomic E-state index is -0.244. The number of aromatic nitrogens is 1. The maximum Gasteiger partial charge on any atom is 0.291 e. The number of benzene rings is 1. The Labute approximate surface area is 203 Å². The Bertz CT molecular complexity index is 1280. The zero-order valence-electron chi connectivity index (χ0n) is 19.3. The van der Waals surface area contributed by atoms with Gasteiger partial charge in [-0.15, -0.1) is 11.3 Å². The number of amides is 1. The highest BCUT2D eigenvalue weighted by molar-refractivity contribution is 7.16. The van der Waals surface area contributed by atoms with Crippen LogP contribution in [0.3, 0.4) is 0 Å². The molecule has 6 nitrogen and oxygen atoms in total. The molecule has 1 amide bonds. The molecule has 1 aliphatic carbocycles. The number of nitrogens with zero attached hydrogens (tertiary/aromatic N) is 1. The van der Waals surface area contributed by atoms with Crippen molar-refractivity contribution in [3.05, 3.63) is 93.9 Å². The zero-order valence-corrected chi connectivity index (χ0v) is 20.1. The Balaban J connectivity index is 1.61. The number of thiophene rings is 1. The first-order chi connectivity index (χ1) is 16.6. The van der Waals surface area contributed by atoms with Crippen molar-refractivity contribution in [3.8, 4) is 5.75 Å². The van der Waals surface area contributed by atoms with Crippen LogP contribution in [0.1, 0.15) is 56.6 Å². The van der Waals surface area contributed by atoms with Gasteiger partial charge in [0, 0.05) is 16.6 Å². The third-order valence-electron chi connectivity index (χ3n) is 6.13. The fourth-order valence-electron chi connectivity index (χ4n) is 4.44. The molecule has 174 valence electrons. The van der Waals surface area contributed by atoms with Crippen molar-refractivity contribution in [2.75, 3.05) is 17.7 Å². The van der Waals surface area contributed by atoms with Gasteiger partial charge in [0.15, 0.2) is 5.76 Å². The van der Waals surface area contributed by atoms with Crippen LogP contribution in [0.15, 0.2) is 65.4 Å². The van der Waals surface area contributed by atoms with Gasteiger partial charge in [-0.1, -0.05) is 12.1 Å². The molecule has 0 aliphatic heterocycles. The minimum Gasteiger partial charge on any atom is -0.497 e. The van der Waals surface area contributed by atoms with Gasteiger partial charge in [0.05, 0.1) is 19.4 Å². The number of carbonyl (C=O) groups is 1. The van der Waals surface area contributed by atoms with Crippen LogP contribution in [0.5, 0.6) is 5.75 Å². The molecule has 1 aliphatic rings. The number of hydrogen-bond acceptors (Lipinski definition) is 6. The van der Waals surface area contributed by atoms with Crippen LogP contribution < -0.4 is 15.4 Å². The summed E-state index contributed by atoms with van der Waals surface area (Å²) in [5, 5.41) is 7.65. The highest BCUT2D eigenvalue weighted by Crippen LogP contribution is 2.44. The summed E-state index contributed by atoms with van der Waals surface area (Å²) in [5.74, 6) is 1.65. The molecule has 3 heterocycles. The van der Waals surface area contributed by atoms with E-state index < -0.39 is 0 Å². The molecular formula is C27H27N3O3S. The van der Waals surface area contributed by atoms with E-state index in [1.54, 1.807) is 30.6 Å². The van der Waals surface area contributed by atoms with Crippen LogP contribution in [0.25, 0.3) is 0 Å². The summed E-state index contributed by atoms with van der Waals surface area (Å²) in [7, 11) is 1.67. The molecule has 34 heavy (non-hydrogen) atoms. The second kappa shape index (κ2) is 9.73. The summed E-state index contributed by atoms with van der Waals surface area (Å²) in [4.78, 5) is 18.8. The number of anilines is 2. The van der Waals surface area contributed by atoms with Crippen LogP contribution >= 0.6 is 11.3 Å². The van der Waals surface area contributed by atoms with Gasteiger partial charge in [0.2, 0.25) is 0 Å². The summed E-state index contributed by atoms with van der Waals surface area (Å²) in [6, 6.07) is 15.3. The molecule has 0 spiro atoms. The number of fused-ring (bicyclic) bond motifs is 1. The first-order valence-electron chi connectivity index (χ1n) is 11.4. The monoisotopic (exact) mass is 473 g/mol. The molecule has 1 aromatic carbocycles. The molecule has 3 aromatic heterocycles. The summed E-state index contributed by atoms with van der Waals surface area (Å²) >= 11 is 1.67. The third kappa shape index (κ3) is 4.56. The standard InChI is InChI=1S/C27H27N3O3S/c1-17-13-14-28-23(16-17)29-25(18-9-11-19(32-2)12-10-18)24-20-6-3-4-8-22(20)34-27(24)30-26(31)21-7-5-15-33-21/h5,7,9-16,25H,3-4,6,8H2,1-2H3,(H,28,29)(H,30,31)/t25-/m0/s1. The van der Waals surface area contributed by atoms with Crippen LogP contribution in [0.2, 0.25) is 0 Å². The van der Waals surface area contributed by atoms with Gasteiger partial charge in [0.25, 0.3) is 5.91 Å². The summed E-state index contributed by atoms with van der Waals surface area (Å²) < 4.78 is 10.7. The third-order valence-corrected chi connectivity index (χ3v) is 7.35. The van der Waals surface area contributed by atoms with Gasteiger partial charge < -0.3 is 19.8 Å². The van der Waals surface area contributed by atoms with Crippen LogP contribution in [-0.4, -0.2) is 18.0 Å². The summed E-state index contributed by atoms with van der Waals surface area (Å²) in [5.41, 5.74) is 4.63. The molecule has 0 saturated heterocycles. The lowest BCUT2D eigenvalue weighted by Crippen LogP contribution is -2.18. The molecule has 0 fully saturated rings. The second-order valence-corrected chi connectivity index (χ2v) is 9.56. The van der Waals surface area contributed by atoms with E-state index in [1.165, 1.54) is 23.1 Å². The number of nitrogens with one attached hydrogen (secondary N) is 2. The average Bonchev–Trinajstić information content (AvgIpc) is 3.51. The Morgan fingerprint density at radius 1 is 1.15 bits per heavy atom. The largest absolute Gasteiger partial charge is 0.497 e. The van der Waals surface area contributed by atoms with Crippen molar-refractivity contribution in [1.29, 1.82) is 0 Å². The summed E-state index contributed by atoms with van der Waals surface area (Å²) in [6.07, 6.45) is 7.65. The van der Waals surface area contributed by atoms with Gasteiger partial charge in [-0.3, -0.25) is 4.79 Å². The van der Waals surface area contributed by atoms with Gasteiger partial charge in [-0.25, -0.2) is 4.98 Å². The van der Waals surface area contributed by atoms with Gasteiger partial charge in [-0.2, -0.15) is 0 Å². The highest BCUT2D eigenvalue weighted by Gasteiger charge is 2.29. The Hall–Kier alpha value is -3.58. The van der Waals surface area contributed by atoms with E-state index in [4.69, 9.17) is 9.15 Å². The van der Waals surface area contributed by atoms with Gasteiger partial charge in [-0.05, 0) is 85.7 Å². The molecule has 4 aromatic rings. The predicted octanol–water partition coefficient (Wildman–Crippen LogP) is 6.39. The van der Waals surface area contributed by atoms with Crippen LogP contribution in [0, 0.1) is 6.92 Å². The number of aryl methyl sites for hydroxylation is 2. The van der Waals surface area contributed by atoms with E-state index in [1.807, 2.05) is 30.5 Å². The normalized spacial score (nSPS) is 13.7. The van der Waals surface area contributed by atoms with Crippen molar-refractivity contribution in [1.82, 2.24) is 4.98 Å². The van der Waals surface area contributed by atoms with Crippen molar-refractivity contribution in [2.45, 2.75) is 38.6 Å². The fraction of sp³-hybridized carbons (Fsp3) is 0.259. The van der Waals surface area contributed by atoms with Gasteiger partial charge >= 0.3 is 0 Å². The number of furan rings is 1. The topological polar surface area (TPSA) is 76.4 Å². The minimum absolute atomic E-state index is 0.190. The zero-order chi connectivity index (χ0) is 23.5. The lowest BCUT2D eigenvalue weighted by atomic mass is 9.89. The highest BCUT2D eigenvalue weighted by atomic mass is 32.1. The van der Waals surface area contributed by atoms with Crippen molar-refractivity contribution in [2.24, 2.45) is 0 Å². The first kappa shape index (κ1) is 22.2. The first-order valence-corrected chi connectivity index (χ1v) is 12.3. The predicted molar refractivity (Wildman–Crippen MR) is 135 cm³/mol. The Morgan fingerprint density at radius 2 is 1.97 bits per heavy atom. The molecule has 1 atom stereocenters. The molecule has 5 rings (SSSR count). The Morgan fingerprint density at radius 3 is 2.71 bits per heavy atom. The smallest absolute Gasteiger partial charge is 0.291 e. The molecule has 2 N–H and O–H groups in total. The van der Waals surface area contributed by atoms with Crippen molar-refractivity contribution in [3.63, 3.8) is 0 Å². The van der Waals surface area contributed by atoms with E-state index in [9.17, 15) is 4.79 Å². The lowest BCUT2D eigenvalue weighted by molar-refractivity contribution is 0.0997. The molecule has 0 radical (unpaired) electrons. The molecular weight excluding hydrogens is 446 g/mol. The summed E-state index contributed by atoms with van der Waals surface area (Å²) in [6.45, 7) is 2.05. The van der Waals surface area contributed by atoms with E-state index in [-0.39, 0.29) is 11.9 Å². The van der Waals surface area contributed by atoms with Crippen LogP contribution in [0.4, 0.5) is 10.8 Å². The molecule has 0 unspecified atom stereocenters. The fourth-order valence-corrected chi connectivity index (χ4v) is 5.77. The maximum atomic E-state index is 12.9. The number of hydrogen-bond donors (Lipinski definition) is 2. The van der Waals surface area contributed by atoms with E-state index >= 15 is 0 Å². The molecule has 7 heteroatoms. The number of ether oxygens (including phenoxy) is 1. The second-order valence-electron chi connectivity index (χ2n) is 8.45. The maximum absolute atomic E-state index is 12.9.